The molecule has 0 bridgehead atoms. The fourth-order valence-corrected chi connectivity index (χ4v) is 1.90. The molecule has 1 rings (SSSR count). The van der Waals surface area contributed by atoms with Gasteiger partial charge in [0.1, 0.15) is 0 Å². The van der Waals surface area contributed by atoms with E-state index in [4.69, 9.17) is 10.9 Å². The Labute approximate surface area is 91.5 Å². The molecule has 1 heterocycles. The molecule has 0 aliphatic carbocycles. The molecule has 0 aromatic heterocycles. The van der Waals surface area contributed by atoms with Crippen molar-refractivity contribution in [1.29, 1.82) is 0 Å². The van der Waals surface area contributed by atoms with E-state index < -0.39 is 0 Å². The number of likely N-dealkylation sites (N-methyl/N-ethyl adjacent to an activating group) is 1. The van der Waals surface area contributed by atoms with E-state index in [0.717, 1.165) is 19.6 Å². The third kappa shape index (κ3) is 4.48. The lowest BCUT2D eigenvalue weighted by atomic mass is 10.4. The van der Waals surface area contributed by atoms with E-state index in [0.29, 0.717) is 12.4 Å². The highest BCUT2D eigenvalue weighted by Crippen LogP contribution is 2.06. The van der Waals surface area contributed by atoms with Crippen molar-refractivity contribution in [2.45, 2.75) is 19.8 Å². The fraction of sp³-hybridized carbons (Fsp3) is 0.900. The third-order valence-corrected chi connectivity index (χ3v) is 2.89. The summed E-state index contributed by atoms with van der Waals surface area (Å²) >= 11 is 0. The van der Waals surface area contributed by atoms with E-state index in [1.54, 1.807) is 0 Å². The zero-order valence-electron chi connectivity index (χ0n) is 9.52. The second-order valence-electron chi connectivity index (χ2n) is 4.01. The van der Waals surface area contributed by atoms with Crippen LogP contribution in [-0.2, 0) is 0 Å². The molecule has 88 valence electrons. The Hall–Kier alpha value is -0.810. The molecule has 0 atom stereocenters. The number of hydrogen-bond acceptors (Lipinski definition) is 4. The molecule has 0 aromatic rings. The van der Waals surface area contributed by atoms with E-state index >= 15 is 0 Å². The van der Waals surface area contributed by atoms with Crippen molar-refractivity contribution in [1.82, 2.24) is 9.80 Å². The first-order chi connectivity index (χ1) is 7.26. The summed E-state index contributed by atoms with van der Waals surface area (Å²) in [4.78, 5) is 4.66. The Kier molecular flexibility index (Phi) is 5.42. The molecule has 0 radical (unpaired) electrons. The number of nitrogens with two attached hydrogens (primary N) is 1. The van der Waals surface area contributed by atoms with Gasteiger partial charge >= 0.3 is 0 Å². The van der Waals surface area contributed by atoms with Gasteiger partial charge in [0, 0.05) is 13.1 Å². The van der Waals surface area contributed by atoms with Gasteiger partial charge in [0.15, 0.2) is 5.84 Å². The number of amidine groups is 1. The number of hydrogen-bond donors (Lipinski definition) is 2. The molecule has 0 spiro atoms. The van der Waals surface area contributed by atoms with Crippen LogP contribution in [0, 0.1) is 0 Å². The molecule has 3 N–H and O–H groups in total. The van der Waals surface area contributed by atoms with Crippen molar-refractivity contribution in [2.24, 2.45) is 10.9 Å². The Morgan fingerprint density at radius 3 is 2.67 bits per heavy atom. The molecule has 5 nitrogen and oxygen atoms in total. The van der Waals surface area contributed by atoms with E-state index in [2.05, 4.69) is 21.9 Å². The highest BCUT2D eigenvalue weighted by molar-refractivity contribution is 5.81. The SMILES string of the molecule is CCN(CCN1CCCC1)CC(N)=NO. The maximum absolute atomic E-state index is 8.48. The Bertz CT molecular complexity index is 202. The van der Waals surface area contributed by atoms with E-state index in [1.165, 1.54) is 25.9 Å². The predicted octanol–water partition coefficient (Wildman–Crippen LogP) is 0.151. The molecule has 0 aromatic carbocycles. The van der Waals surface area contributed by atoms with Crippen LogP contribution in [0.1, 0.15) is 19.8 Å². The number of nitrogens with zero attached hydrogens (tertiary/aromatic N) is 3. The summed E-state index contributed by atoms with van der Waals surface area (Å²) in [6.07, 6.45) is 2.65. The van der Waals surface area contributed by atoms with Crippen LogP contribution in [0.3, 0.4) is 0 Å². The van der Waals surface area contributed by atoms with Crippen molar-refractivity contribution < 1.29 is 5.21 Å². The van der Waals surface area contributed by atoms with Gasteiger partial charge in [0.25, 0.3) is 0 Å². The molecular formula is C10H22N4O. The molecule has 1 aliphatic heterocycles. The zero-order chi connectivity index (χ0) is 11.1. The van der Waals surface area contributed by atoms with Gasteiger partial charge in [-0.15, -0.1) is 0 Å². The molecule has 5 heteroatoms. The van der Waals surface area contributed by atoms with Crippen molar-refractivity contribution >= 4 is 5.84 Å². The van der Waals surface area contributed by atoms with Crippen molar-refractivity contribution in [2.75, 3.05) is 39.3 Å². The highest BCUT2D eigenvalue weighted by atomic mass is 16.4. The van der Waals surface area contributed by atoms with Crippen molar-refractivity contribution in [3.63, 3.8) is 0 Å². The first kappa shape index (κ1) is 12.3. The van der Waals surface area contributed by atoms with Gasteiger partial charge < -0.3 is 15.8 Å². The molecule has 1 fully saturated rings. The minimum absolute atomic E-state index is 0.290. The van der Waals surface area contributed by atoms with Gasteiger partial charge in [-0.05, 0) is 32.5 Å². The summed E-state index contributed by atoms with van der Waals surface area (Å²) in [6.45, 7) is 8.11. The first-order valence-electron chi connectivity index (χ1n) is 5.67. The van der Waals surface area contributed by atoms with Gasteiger partial charge in [-0.1, -0.05) is 12.1 Å². The van der Waals surface area contributed by atoms with Crippen LogP contribution in [-0.4, -0.2) is 60.1 Å². The quantitative estimate of drug-likeness (QED) is 0.286. The Morgan fingerprint density at radius 2 is 2.13 bits per heavy atom. The van der Waals surface area contributed by atoms with Gasteiger partial charge in [0.05, 0.1) is 6.54 Å². The van der Waals surface area contributed by atoms with Crippen LogP contribution in [0.15, 0.2) is 5.16 Å². The maximum Gasteiger partial charge on any atom is 0.153 e. The Morgan fingerprint density at radius 1 is 1.47 bits per heavy atom. The molecule has 15 heavy (non-hydrogen) atoms. The lowest BCUT2D eigenvalue weighted by Gasteiger charge is -2.23. The van der Waals surface area contributed by atoms with Gasteiger partial charge in [-0.2, -0.15) is 0 Å². The molecule has 0 amide bonds. The number of rotatable bonds is 6. The molecule has 0 saturated carbocycles. The summed E-state index contributed by atoms with van der Waals surface area (Å²) in [7, 11) is 0. The smallest absolute Gasteiger partial charge is 0.153 e. The average Bonchev–Trinajstić information content (AvgIpc) is 2.76. The third-order valence-electron chi connectivity index (χ3n) is 2.89. The fourth-order valence-electron chi connectivity index (χ4n) is 1.90. The predicted molar refractivity (Wildman–Crippen MR) is 61.2 cm³/mol. The normalized spacial score (nSPS) is 18.9. The van der Waals surface area contributed by atoms with Gasteiger partial charge in [-0.3, -0.25) is 4.90 Å². The van der Waals surface area contributed by atoms with Crippen LogP contribution in [0.2, 0.25) is 0 Å². The second kappa shape index (κ2) is 6.63. The average molecular weight is 214 g/mol. The van der Waals surface area contributed by atoms with Crippen molar-refractivity contribution in [3.8, 4) is 0 Å². The molecule has 1 aliphatic rings. The van der Waals surface area contributed by atoms with Gasteiger partial charge in [-0.25, -0.2) is 0 Å². The van der Waals surface area contributed by atoms with Crippen LogP contribution >= 0.6 is 0 Å². The van der Waals surface area contributed by atoms with Gasteiger partial charge in [0.2, 0.25) is 0 Å². The number of oxime groups is 1. The summed E-state index contributed by atoms with van der Waals surface area (Å²) in [5.74, 6) is 0.290. The highest BCUT2D eigenvalue weighted by Gasteiger charge is 2.12. The zero-order valence-corrected chi connectivity index (χ0v) is 9.52. The van der Waals surface area contributed by atoms with Crippen LogP contribution in [0.5, 0.6) is 0 Å². The summed E-state index contributed by atoms with van der Waals surface area (Å²) < 4.78 is 0. The monoisotopic (exact) mass is 214 g/mol. The summed E-state index contributed by atoms with van der Waals surface area (Å²) in [5, 5.41) is 11.5. The number of likely N-dealkylation sites (tertiary alicyclic amines) is 1. The molecular weight excluding hydrogens is 192 g/mol. The van der Waals surface area contributed by atoms with Crippen molar-refractivity contribution in [3.05, 3.63) is 0 Å². The minimum Gasteiger partial charge on any atom is -0.409 e. The molecule has 0 unspecified atom stereocenters. The van der Waals surface area contributed by atoms with Crippen LogP contribution in [0.4, 0.5) is 0 Å². The largest absolute Gasteiger partial charge is 0.409 e. The lowest BCUT2D eigenvalue weighted by Crippen LogP contribution is -2.39. The lowest BCUT2D eigenvalue weighted by molar-refractivity contribution is 0.249. The second-order valence-corrected chi connectivity index (χ2v) is 4.01. The van der Waals surface area contributed by atoms with E-state index in [9.17, 15) is 0 Å². The standard InChI is InChI=1S/C10H22N4O/c1-2-13(9-10(11)12-15)7-8-14-5-3-4-6-14/h15H,2-9H2,1H3,(H2,11,12). The van der Waals surface area contributed by atoms with Crippen LogP contribution in [0.25, 0.3) is 0 Å². The molecule has 1 saturated heterocycles. The van der Waals surface area contributed by atoms with Crippen LogP contribution < -0.4 is 5.73 Å². The first-order valence-corrected chi connectivity index (χ1v) is 5.67. The minimum atomic E-state index is 0.290. The van der Waals surface area contributed by atoms with E-state index in [-0.39, 0.29) is 0 Å². The summed E-state index contributed by atoms with van der Waals surface area (Å²) in [5.41, 5.74) is 5.48. The Balaban J connectivity index is 2.20. The maximum atomic E-state index is 8.48. The van der Waals surface area contributed by atoms with E-state index in [1.807, 2.05) is 0 Å². The summed E-state index contributed by atoms with van der Waals surface area (Å²) in [6, 6.07) is 0. The topological polar surface area (TPSA) is 65.1 Å².